The van der Waals surface area contributed by atoms with Crippen LogP contribution in [0.5, 0.6) is 0 Å². The Bertz CT molecular complexity index is 958. The standard InChI is InChI=1S/C18H15N3O6/c1-27-15(22)10-21-16(23)14(19-18(21)26)9-13-3-2-8-20(13)12-6-4-11(5-7-12)17(24)25/h2-9H,10H2,1H3,(H,19,26)(H,24,25)/b14-9+. The zero-order valence-electron chi connectivity index (χ0n) is 14.2. The van der Waals surface area contributed by atoms with Gasteiger partial charge in [-0.15, -0.1) is 0 Å². The van der Waals surface area contributed by atoms with Crippen LogP contribution in [0, 0.1) is 0 Å². The number of carbonyl (C=O) groups excluding carboxylic acids is 3. The van der Waals surface area contributed by atoms with Gasteiger partial charge in [-0.1, -0.05) is 0 Å². The Morgan fingerprint density at radius 1 is 1.19 bits per heavy atom. The molecule has 3 rings (SSSR count). The lowest BCUT2D eigenvalue weighted by molar-refractivity contribution is -0.143. The highest BCUT2D eigenvalue weighted by atomic mass is 16.5. The minimum Gasteiger partial charge on any atom is -0.478 e. The third-order valence-corrected chi connectivity index (χ3v) is 3.94. The second-order valence-corrected chi connectivity index (χ2v) is 5.61. The summed E-state index contributed by atoms with van der Waals surface area (Å²) < 4.78 is 6.20. The number of urea groups is 1. The maximum atomic E-state index is 12.4. The molecule has 1 aromatic heterocycles. The first-order valence-electron chi connectivity index (χ1n) is 7.83. The van der Waals surface area contributed by atoms with Crippen molar-refractivity contribution in [1.29, 1.82) is 0 Å². The SMILES string of the molecule is COC(=O)CN1C(=O)N/C(=C/c2cccn2-c2ccc(C(=O)O)cc2)C1=O. The molecule has 1 aromatic carbocycles. The van der Waals surface area contributed by atoms with Crippen LogP contribution < -0.4 is 5.32 Å². The Kier molecular flexibility index (Phi) is 4.75. The molecule has 0 radical (unpaired) electrons. The third kappa shape index (κ3) is 3.56. The summed E-state index contributed by atoms with van der Waals surface area (Å²) in [5, 5.41) is 11.4. The molecule has 27 heavy (non-hydrogen) atoms. The van der Waals surface area contributed by atoms with Crippen LogP contribution in [0.3, 0.4) is 0 Å². The molecule has 0 aliphatic carbocycles. The number of imide groups is 1. The van der Waals surface area contributed by atoms with Crippen molar-refractivity contribution in [2.75, 3.05) is 13.7 Å². The molecule has 0 bridgehead atoms. The number of nitrogens with one attached hydrogen (secondary N) is 1. The second-order valence-electron chi connectivity index (χ2n) is 5.61. The van der Waals surface area contributed by atoms with E-state index >= 15 is 0 Å². The molecule has 2 N–H and O–H groups in total. The number of carbonyl (C=O) groups is 4. The molecule has 138 valence electrons. The van der Waals surface area contributed by atoms with E-state index in [0.717, 1.165) is 4.90 Å². The zero-order chi connectivity index (χ0) is 19.6. The number of methoxy groups -OCH3 is 1. The molecule has 0 saturated carbocycles. The topological polar surface area (TPSA) is 118 Å². The van der Waals surface area contributed by atoms with Gasteiger partial charge in [0.15, 0.2) is 0 Å². The molecule has 2 heterocycles. The van der Waals surface area contributed by atoms with Gasteiger partial charge in [0.2, 0.25) is 0 Å². The molecule has 1 aliphatic heterocycles. The van der Waals surface area contributed by atoms with E-state index in [2.05, 4.69) is 10.1 Å². The Morgan fingerprint density at radius 3 is 2.52 bits per heavy atom. The van der Waals surface area contributed by atoms with Gasteiger partial charge in [0.05, 0.1) is 12.7 Å². The highest BCUT2D eigenvalue weighted by Crippen LogP contribution is 2.19. The van der Waals surface area contributed by atoms with Gasteiger partial charge >= 0.3 is 18.0 Å². The molecule has 1 saturated heterocycles. The minimum absolute atomic E-state index is 0.0195. The fraction of sp³-hybridized carbons (Fsp3) is 0.111. The average Bonchev–Trinajstić information content (AvgIpc) is 3.22. The molecular weight excluding hydrogens is 354 g/mol. The van der Waals surface area contributed by atoms with Crippen LogP contribution >= 0.6 is 0 Å². The molecule has 3 amide bonds. The van der Waals surface area contributed by atoms with E-state index < -0.39 is 30.4 Å². The van der Waals surface area contributed by atoms with Crippen LogP contribution in [0.1, 0.15) is 16.1 Å². The van der Waals surface area contributed by atoms with Crippen LogP contribution in [-0.2, 0) is 14.3 Å². The van der Waals surface area contributed by atoms with Gasteiger partial charge in [-0.3, -0.25) is 9.59 Å². The molecule has 2 aromatic rings. The fourth-order valence-electron chi connectivity index (χ4n) is 2.57. The van der Waals surface area contributed by atoms with Crippen LogP contribution in [0.25, 0.3) is 11.8 Å². The number of rotatable bonds is 5. The Labute approximate surface area is 153 Å². The monoisotopic (exact) mass is 369 g/mol. The Morgan fingerprint density at radius 2 is 1.89 bits per heavy atom. The van der Waals surface area contributed by atoms with E-state index in [1.165, 1.54) is 25.3 Å². The average molecular weight is 369 g/mol. The predicted octanol–water partition coefficient (Wildman–Crippen LogP) is 1.24. The second kappa shape index (κ2) is 7.16. The number of nitrogens with zero attached hydrogens (tertiary/aromatic N) is 2. The number of ether oxygens (including phenoxy) is 1. The summed E-state index contributed by atoms with van der Waals surface area (Å²) in [7, 11) is 1.17. The van der Waals surface area contributed by atoms with Crippen molar-refractivity contribution in [3.8, 4) is 5.69 Å². The lowest BCUT2D eigenvalue weighted by Gasteiger charge is -2.09. The smallest absolute Gasteiger partial charge is 0.335 e. The van der Waals surface area contributed by atoms with E-state index in [0.29, 0.717) is 11.4 Å². The number of benzene rings is 1. The lowest BCUT2D eigenvalue weighted by Crippen LogP contribution is -2.36. The van der Waals surface area contributed by atoms with E-state index in [-0.39, 0.29) is 11.3 Å². The van der Waals surface area contributed by atoms with Crippen molar-refractivity contribution in [3.05, 3.63) is 59.5 Å². The zero-order valence-corrected chi connectivity index (χ0v) is 14.2. The molecule has 9 heteroatoms. The van der Waals surface area contributed by atoms with E-state index in [9.17, 15) is 19.2 Å². The summed E-state index contributed by atoms with van der Waals surface area (Å²) in [6.07, 6.45) is 3.21. The normalized spacial score (nSPS) is 15.1. The Hall–Kier alpha value is -3.88. The molecular formula is C18H15N3O6. The first kappa shape index (κ1) is 17.9. The first-order chi connectivity index (χ1) is 12.9. The van der Waals surface area contributed by atoms with Crippen LogP contribution in [0.4, 0.5) is 4.79 Å². The number of hydrogen-bond donors (Lipinski definition) is 2. The van der Waals surface area contributed by atoms with Gasteiger partial charge in [-0.2, -0.15) is 0 Å². The number of hydrogen-bond acceptors (Lipinski definition) is 5. The first-order valence-corrected chi connectivity index (χ1v) is 7.83. The molecule has 9 nitrogen and oxygen atoms in total. The summed E-state index contributed by atoms with van der Waals surface area (Å²) in [6, 6.07) is 8.95. The molecule has 1 aliphatic rings. The molecule has 0 spiro atoms. The summed E-state index contributed by atoms with van der Waals surface area (Å²) in [5.74, 6) is -2.37. The van der Waals surface area contributed by atoms with Gasteiger partial charge < -0.3 is 19.7 Å². The maximum Gasteiger partial charge on any atom is 0.335 e. The largest absolute Gasteiger partial charge is 0.478 e. The Balaban J connectivity index is 1.88. The summed E-state index contributed by atoms with van der Waals surface area (Å²) in [5.41, 5.74) is 1.44. The van der Waals surface area contributed by atoms with Gasteiger partial charge in [-0.25, -0.2) is 14.5 Å². The van der Waals surface area contributed by atoms with Gasteiger partial charge in [0.25, 0.3) is 5.91 Å². The van der Waals surface area contributed by atoms with Crippen LogP contribution in [-0.4, -0.2) is 52.1 Å². The highest BCUT2D eigenvalue weighted by Gasteiger charge is 2.35. The highest BCUT2D eigenvalue weighted by molar-refractivity contribution is 6.15. The van der Waals surface area contributed by atoms with Crippen molar-refractivity contribution in [2.45, 2.75) is 0 Å². The quantitative estimate of drug-likeness (QED) is 0.465. The fourth-order valence-corrected chi connectivity index (χ4v) is 2.57. The van der Waals surface area contributed by atoms with Crippen molar-refractivity contribution in [2.24, 2.45) is 0 Å². The van der Waals surface area contributed by atoms with E-state index in [1.807, 2.05) is 0 Å². The molecule has 0 atom stereocenters. The van der Waals surface area contributed by atoms with Crippen LogP contribution in [0.2, 0.25) is 0 Å². The van der Waals surface area contributed by atoms with E-state index in [1.54, 1.807) is 35.0 Å². The van der Waals surface area contributed by atoms with Crippen molar-refractivity contribution < 1.29 is 29.0 Å². The lowest BCUT2D eigenvalue weighted by atomic mass is 10.2. The third-order valence-electron chi connectivity index (χ3n) is 3.94. The van der Waals surface area contributed by atoms with Crippen molar-refractivity contribution in [1.82, 2.24) is 14.8 Å². The predicted molar refractivity (Wildman–Crippen MR) is 93.0 cm³/mol. The molecule has 1 fully saturated rings. The summed E-state index contributed by atoms with van der Waals surface area (Å²) in [4.78, 5) is 47.3. The van der Waals surface area contributed by atoms with E-state index in [4.69, 9.17) is 5.11 Å². The minimum atomic E-state index is -1.03. The summed E-state index contributed by atoms with van der Waals surface area (Å²) >= 11 is 0. The molecule has 0 unspecified atom stereocenters. The van der Waals surface area contributed by atoms with Crippen molar-refractivity contribution >= 4 is 30.0 Å². The maximum absolute atomic E-state index is 12.4. The number of carboxylic acids is 1. The number of esters is 1. The van der Waals surface area contributed by atoms with Gasteiger partial charge in [0, 0.05) is 17.6 Å². The number of carboxylic acid groups (broad SMARTS) is 1. The van der Waals surface area contributed by atoms with Gasteiger partial charge in [0.1, 0.15) is 12.2 Å². The summed E-state index contributed by atoms with van der Waals surface area (Å²) in [6.45, 7) is -0.476. The van der Waals surface area contributed by atoms with Gasteiger partial charge in [-0.05, 0) is 42.5 Å². The number of amides is 3. The van der Waals surface area contributed by atoms with Crippen LogP contribution in [0.15, 0.2) is 48.3 Å². The number of aromatic carboxylic acids is 1. The number of aromatic nitrogens is 1. The van der Waals surface area contributed by atoms with Crippen molar-refractivity contribution in [3.63, 3.8) is 0 Å².